The van der Waals surface area contributed by atoms with Crippen molar-refractivity contribution in [2.75, 3.05) is 29.6 Å². The summed E-state index contributed by atoms with van der Waals surface area (Å²) in [5.41, 5.74) is 0.151. The van der Waals surface area contributed by atoms with Crippen LogP contribution in [0, 0.1) is 5.82 Å². The minimum absolute atomic E-state index is 0.151. The second kappa shape index (κ2) is 8.34. The summed E-state index contributed by atoms with van der Waals surface area (Å²) in [4.78, 5) is 25.5. The number of benzene rings is 1. The van der Waals surface area contributed by atoms with Crippen LogP contribution in [0.4, 0.5) is 15.9 Å². The van der Waals surface area contributed by atoms with Crippen molar-refractivity contribution in [3.8, 4) is 0 Å². The maximum atomic E-state index is 14.1. The first-order valence-electron chi connectivity index (χ1n) is 8.92. The molecule has 0 radical (unpaired) electrons. The van der Waals surface area contributed by atoms with E-state index in [0.717, 1.165) is 42.0 Å². The summed E-state index contributed by atoms with van der Waals surface area (Å²) in [6, 6.07) is 6.37. The normalized spacial score (nSPS) is 14.5. The number of carbonyl (C=O) groups excluding carboxylic acids is 1. The molecule has 0 atom stereocenters. The Hall–Kier alpha value is -1.71. The van der Waals surface area contributed by atoms with Gasteiger partial charge in [-0.3, -0.25) is 4.79 Å². The quantitative estimate of drug-likeness (QED) is 0.391. The van der Waals surface area contributed by atoms with Gasteiger partial charge >= 0.3 is 0 Å². The second-order valence-electron chi connectivity index (χ2n) is 6.49. The predicted molar refractivity (Wildman–Crippen MR) is 117 cm³/mol. The van der Waals surface area contributed by atoms with E-state index in [4.69, 9.17) is 4.98 Å². The minimum atomic E-state index is -0.484. The Kier molecular flexibility index (Phi) is 5.84. The Morgan fingerprint density at radius 2 is 2.04 bits per heavy atom. The number of carbonyl (C=O) groups is 1. The van der Waals surface area contributed by atoms with Gasteiger partial charge in [0.25, 0.3) is 5.91 Å². The lowest BCUT2D eigenvalue weighted by molar-refractivity contribution is 0.103. The van der Waals surface area contributed by atoms with Gasteiger partial charge in [0.05, 0.1) is 16.0 Å². The maximum Gasteiger partial charge on any atom is 0.265 e. The predicted octanol–water partition coefficient (Wildman–Crippen LogP) is 5.56. The van der Waals surface area contributed by atoms with Crippen LogP contribution in [0.1, 0.15) is 28.9 Å². The highest BCUT2D eigenvalue weighted by molar-refractivity contribution is 9.10. The molecular weight excluding hydrogens is 463 g/mol. The fraction of sp³-hybridized carbons (Fsp3) is 0.316. The number of rotatable bonds is 4. The van der Waals surface area contributed by atoms with Gasteiger partial charge in [0, 0.05) is 17.6 Å². The highest BCUT2D eigenvalue weighted by Crippen LogP contribution is 2.34. The monoisotopic (exact) mass is 480 g/mol. The molecule has 3 heterocycles. The molecule has 2 aromatic heterocycles. The highest BCUT2D eigenvalue weighted by atomic mass is 79.9. The van der Waals surface area contributed by atoms with E-state index < -0.39 is 5.82 Å². The average Bonchev–Trinajstić information content (AvgIpc) is 3.14. The summed E-state index contributed by atoms with van der Waals surface area (Å²) >= 11 is 6.01. The van der Waals surface area contributed by atoms with Gasteiger partial charge < -0.3 is 10.2 Å². The number of fused-ring (bicyclic) bond motifs is 1. The molecular formula is C19H18BrFN4OS2. The fourth-order valence-corrected chi connectivity index (χ4v) is 4.88. The zero-order valence-corrected chi connectivity index (χ0v) is 18.4. The van der Waals surface area contributed by atoms with E-state index in [-0.39, 0.29) is 11.6 Å². The largest absolute Gasteiger partial charge is 0.356 e. The maximum absolute atomic E-state index is 14.1. The van der Waals surface area contributed by atoms with E-state index in [9.17, 15) is 9.18 Å². The standard InChI is InChI=1S/C19H18BrFN4OS2/c1-27-19-23-16(25-7-3-2-4-8-25)12-10-15(28-18(12)24-19)17(26)22-14-6-5-11(20)9-13(14)21/h5-6,9-10H,2-4,7-8H2,1H3,(H,22,26). The van der Waals surface area contributed by atoms with Crippen molar-refractivity contribution in [2.45, 2.75) is 24.4 Å². The lowest BCUT2D eigenvalue weighted by Crippen LogP contribution is -2.30. The lowest BCUT2D eigenvalue weighted by atomic mass is 10.1. The summed E-state index contributed by atoms with van der Waals surface area (Å²) in [5, 5.41) is 4.23. The molecule has 1 aromatic carbocycles. The van der Waals surface area contributed by atoms with Crippen LogP contribution in [0.2, 0.25) is 0 Å². The summed E-state index contributed by atoms with van der Waals surface area (Å²) in [5.74, 6) is 0.0565. The van der Waals surface area contributed by atoms with Crippen LogP contribution in [0.5, 0.6) is 0 Å². The van der Waals surface area contributed by atoms with Gasteiger partial charge in [-0.25, -0.2) is 14.4 Å². The number of thioether (sulfide) groups is 1. The van der Waals surface area contributed by atoms with E-state index in [2.05, 4.69) is 31.1 Å². The van der Waals surface area contributed by atoms with Crippen LogP contribution < -0.4 is 10.2 Å². The van der Waals surface area contributed by atoms with Gasteiger partial charge in [0.1, 0.15) is 16.5 Å². The molecule has 1 fully saturated rings. The summed E-state index contributed by atoms with van der Waals surface area (Å²) in [6.45, 7) is 1.92. The van der Waals surface area contributed by atoms with Crippen LogP contribution in [-0.4, -0.2) is 35.2 Å². The molecule has 4 rings (SSSR count). The van der Waals surface area contributed by atoms with Crippen molar-refractivity contribution < 1.29 is 9.18 Å². The van der Waals surface area contributed by atoms with Crippen LogP contribution in [0.3, 0.4) is 0 Å². The summed E-state index contributed by atoms with van der Waals surface area (Å²) in [7, 11) is 0. The number of aromatic nitrogens is 2. The zero-order chi connectivity index (χ0) is 19.7. The number of nitrogens with one attached hydrogen (secondary N) is 1. The molecule has 5 nitrogen and oxygen atoms in total. The lowest BCUT2D eigenvalue weighted by Gasteiger charge is -2.28. The third-order valence-corrected chi connectivity index (χ3v) is 6.66. The van der Waals surface area contributed by atoms with Gasteiger partial charge in [-0.1, -0.05) is 27.7 Å². The number of nitrogens with zero attached hydrogens (tertiary/aromatic N) is 3. The smallest absolute Gasteiger partial charge is 0.265 e. The van der Waals surface area contributed by atoms with Gasteiger partial charge in [0.2, 0.25) is 0 Å². The van der Waals surface area contributed by atoms with Crippen molar-refractivity contribution in [3.63, 3.8) is 0 Å². The SMILES string of the molecule is CSc1nc(N2CCCCC2)c2cc(C(=O)Nc3ccc(Br)cc3F)sc2n1. The van der Waals surface area contributed by atoms with Crippen LogP contribution in [0.15, 0.2) is 33.9 Å². The Balaban J connectivity index is 1.69. The second-order valence-corrected chi connectivity index (χ2v) is 9.21. The Bertz CT molecular complexity index is 1040. The molecule has 146 valence electrons. The fourth-order valence-electron chi connectivity index (χ4n) is 3.21. The molecule has 1 aliphatic rings. The van der Waals surface area contributed by atoms with Crippen molar-refractivity contribution in [1.29, 1.82) is 0 Å². The van der Waals surface area contributed by atoms with E-state index in [1.54, 1.807) is 6.07 Å². The molecule has 3 aromatic rings. The van der Waals surface area contributed by atoms with Gasteiger partial charge in [-0.2, -0.15) is 0 Å². The molecule has 1 saturated heterocycles. The Morgan fingerprint density at radius 1 is 1.25 bits per heavy atom. The molecule has 28 heavy (non-hydrogen) atoms. The third-order valence-electron chi connectivity index (χ3n) is 4.59. The van der Waals surface area contributed by atoms with Gasteiger partial charge in [0.15, 0.2) is 5.16 Å². The van der Waals surface area contributed by atoms with Gasteiger partial charge in [-0.15, -0.1) is 11.3 Å². The van der Waals surface area contributed by atoms with Crippen molar-refractivity contribution in [1.82, 2.24) is 9.97 Å². The molecule has 1 N–H and O–H groups in total. The van der Waals surface area contributed by atoms with Crippen LogP contribution in [0.25, 0.3) is 10.2 Å². The number of halogens is 2. The first kappa shape index (κ1) is 19.6. The van der Waals surface area contributed by atoms with Crippen molar-refractivity contribution in [3.05, 3.63) is 39.4 Å². The Morgan fingerprint density at radius 3 is 2.75 bits per heavy atom. The van der Waals surface area contributed by atoms with E-state index >= 15 is 0 Å². The van der Waals surface area contributed by atoms with E-state index in [1.165, 1.54) is 41.7 Å². The number of hydrogen-bond acceptors (Lipinski definition) is 6. The molecule has 0 aliphatic carbocycles. The van der Waals surface area contributed by atoms with Crippen molar-refractivity contribution in [2.24, 2.45) is 0 Å². The first-order chi connectivity index (χ1) is 13.5. The Labute approximate surface area is 178 Å². The van der Waals surface area contributed by atoms with Crippen LogP contribution in [-0.2, 0) is 0 Å². The number of amides is 1. The molecule has 1 aliphatic heterocycles. The number of anilines is 2. The summed E-state index contributed by atoms with van der Waals surface area (Å²) < 4.78 is 14.7. The number of piperidine rings is 1. The summed E-state index contributed by atoms with van der Waals surface area (Å²) in [6.07, 6.45) is 5.45. The topological polar surface area (TPSA) is 58.1 Å². The van der Waals surface area contributed by atoms with E-state index in [0.29, 0.717) is 14.5 Å². The molecule has 0 saturated carbocycles. The third kappa shape index (κ3) is 4.01. The molecule has 0 spiro atoms. The van der Waals surface area contributed by atoms with Crippen LogP contribution >= 0.6 is 39.0 Å². The first-order valence-corrected chi connectivity index (χ1v) is 11.8. The number of hydrogen-bond donors (Lipinski definition) is 1. The molecule has 0 unspecified atom stereocenters. The highest BCUT2D eigenvalue weighted by Gasteiger charge is 2.21. The van der Waals surface area contributed by atoms with E-state index in [1.807, 2.05) is 12.3 Å². The molecule has 0 bridgehead atoms. The molecule has 9 heteroatoms. The van der Waals surface area contributed by atoms with Crippen molar-refractivity contribution >= 4 is 66.7 Å². The zero-order valence-electron chi connectivity index (χ0n) is 15.2. The van der Waals surface area contributed by atoms with Gasteiger partial charge in [-0.05, 0) is 49.8 Å². The number of thiophene rings is 1. The minimum Gasteiger partial charge on any atom is -0.356 e. The average molecular weight is 481 g/mol. The molecule has 1 amide bonds.